The van der Waals surface area contributed by atoms with Gasteiger partial charge in [0.15, 0.2) is 0 Å². The zero-order valence-electron chi connectivity index (χ0n) is 11.9. The van der Waals surface area contributed by atoms with Crippen LogP contribution < -0.4 is 10.1 Å². The molecule has 0 spiro atoms. The first kappa shape index (κ1) is 14.9. The molecule has 1 aromatic carbocycles. The fourth-order valence-corrected chi connectivity index (χ4v) is 3.19. The van der Waals surface area contributed by atoms with Gasteiger partial charge in [0.2, 0.25) is 0 Å². The molecule has 0 amide bonds. The Balaban J connectivity index is 1.86. The zero-order valence-corrected chi connectivity index (χ0v) is 13.5. The van der Waals surface area contributed by atoms with Crippen molar-refractivity contribution in [3.05, 3.63) is 28.2 Å². The van der Waals surface area contributed by atoms with Gasteiger partial charge in [0.25, 0.3) is 0 Å². The molecule has 0 saturated heterocycles. The van der Waals surface area contributed by atoms with Crippen LogP contribution in [0.2, 0.25) is 0 Å². The average Bonchev–Trinajstić information content (AvgIpc) is 2.32. The summed E-state index contributed by atoms with van der Waals surface area (Å²) in [6.07, 6.45) is 5.40. The second-order valence-corrected chi connectivity index (χ2v) is 6.25. The summed E-state index contributed by atoms with van der Waals surface area (Å²) in [7, 11) is 0. The van der Waals surface area contributed by atoms with E-state index in [4.69, 9.17) is 4.74 Å². The second kappa shape index (κ2) is 7.30. The molecule has 3 heteroatoms. The van der Waals surface area contributed by atoms with Gasteiger partial charge in [-0.2, -0.15) is 0 Å². The van der Waals surface area contributed by atoms with Gasteiger partial charge in [-0.1, -0.05) is 48.2 Å². The minimum Gasteiger partial charge on any atom is -0.494 e. The molecule has 2 rings (SSSR count). The van der Waals surface area contributed by atoms with E-state index in [0.717, 1.165) is 29.3 Å². The maximum Gasteiger partial charge on any atom is 0.120 e. The monoisotopic (exact) mass is 325 g/mol. The number of hydrogen-bond acceptors (Lipinski definition) is 2. The molecule has 1 aromatic rings. The molecule has 0 aliphatic heterocycles. The highest BCUT2D eigenvalue weighted by Crippen LogP contribution is 2.30. The van der Waals surface area contributed by atoms with Gasteiger partial charge in [-0.15, -0.1) is 0 Å². The lowest BCUT2D eigenvalue weighted by atomic mass is 9.83. The topological polar surface area (TPSA) is 21.3 Å². The van der Waals surface area contributed by atoms with Crippen LogP contribution in [0.5, 0.6) is 5.75 Å². The molecule has 1 N–H and O–H groups in total. The molecule has 1 saturated carbocycles. The summed E-state index contributed by atoms with van der Waals surface area (Å²) >= 11 is 3.64. The van der Waals surface area contributed by atoms with Crippen LogP contribution in [0.15, 0.2) is 22.7 Å². The Morgan fingerprint density at radius 1 is 1.42 bits per heavy atom. The third kappa shape index (κ3) is 4.22. The fourth-order valence-electron chi connectivity index (χ4n) is 2.49. The van der Waals surface area contributed by atoms with E-state index in [1.54, 1.807) is 0 Å². The molecular weight excluding hydrogens is 302 g/mol. The van der Waals surface area contributed by atoms with E-state index >= 15 is 0 Å². The summed E-state index contributed by atoms with van der Waals surface area (Å²) in [6.45, 7) is 6.13. The Morgan fingerprint density at radius 3 is 2.79 bits per heavy atom. The first-order valence-corrected chi connectivity index (χ1v) is 8.15. The van der Waals surface area contributed by atoms with Crippen molar-refractivity contribution in [1.29, 1.82) is 0 Å². The molecule has 0 bridgehead atoms. The minimum atomic E-state index is 0.364. The van der Waals surface area contributed by atoms with Crippen molar-refractivity contribution in [2.45, 2.75) is 45.6 Å². The quantitative estimate of drug-likeness (QED) is 0.785. The molecule has 19 heavy (non-hydrogen) atoms. The van der Waals surface area contributed by atoms with Gasteiger partial charge in [-0.25, -0.2) is 0 Å². The van der Waals surface area contributed by atoms with E-state index in [-0.39, 0.29) is 0 Å². The number of rotatable bonds is 7. The number of ether oxygens (including phenoxy) is 1. The van der Waals surface area contributed by atoms with E-state index < -0.39 is 0 Å². The highest BCUT2D eigenvalue weighted by atomic mass is 79.9. The van der Waals surface area contributed by atoms with Crippen LogP contribution in [0.3, 0.4) is 0 Å². The van der Waals surface area contributed by atoms with Gasteiger partial charge in [-0.05, 0) is 43.5 Å². The van der Waals surface area contributed by atoms with Gasteiger partial charge in [0, 0.05) is 10.5 Å². The fraction of sp³-hybridized carbons (Fsp3) is 0.625. The molecular formula is C16H24BrNO. The highest BCUT2D eigenvalue weighted by molar-refractivity contribution is 9.10. The number of benzene rings is 1. The molecule has 2 nitrogen and oxygen atoms in total. The summed E-state index contributed by atoms with van der Waals surface area (Å²) < 4.78 is 6.96. The van der Waals surface area contributed by atoms with Crippen molar-refractivity contribution in [3.63, 3.8) is 0 Å². The Bertz CT molecular complexity index is 404. The summed E-state index contributed by atoms with van der Waals surface area (Å²) in [4.78, 5) is 0. The third-order valence-electron chi connectivity index (χ3n) is 3.97. The van der Waals surface area contributed by atoms with Gasteiger partial charge >= 0.3 is 0 Å². The first-order valence-electron chi connectivity index (χ1n) is 7.36. The Morgan fingerprint density at radius 2 is 2.21 bits per heavy atom. The zero-order chi connectivity index (χ0) is 13.7. The van der Waals surface area contributed by atoms with E-state index in [2.05, 4.69) is 53.3 Å². The lowest BCUT2D eigenvalue weighted by Crippen LogP contribution is -2.18. The molecule has 0 heterocycles. The van der Waals surface area contributed by atoms with Crippen LogP contribution in [0.25, 0.3) is 0 Å². The molecule has 1 aliphatic carbocycles. The summed E-state index contributed by atoms with van der Waals surface area (Å²) in [5, 5.41) is 3.42. The number of nitrogens with one attached hydrogen (secondary N) is 1. The molecule has 1 atom stereocenters. The first-order chi connectivity index (χ1) is 9.20. The smallest absolute Gasteiger partial charge is 0.120 e. The second-order valence-electron chi connectivity index (χ2n) is 5.40. The standard InChI is InChI=1S/C16H24BrNO/c1-3-18-12(2)15-8-7-14(11-16(15)17)19-10-9-13-5-4-6-13/h7-8,11-13,18H,3-6,9-10H2,1-2H3. The van der Waals surface area contributed by atoms with Crippen molar-refractivity contribution in [2.24, 2.45) is 5.92 Å². The van der Waals surface area contributed by atoms with Crippen molar-refractivity contribution in [1.82, 2.24) is 5.32 Å². The van der Waals surface area contributed by atoms with Crippen LogP contribution in [-0.2, 0) is 0 Å². The molecule has 0 radical (unpaired) electrons. The van der Waals surface area contributed by atoms with Crippen molar-refractivity contribution < 1.29 is 4.74 Å². The summed E-state index contributed by atoms with van der Waals surface area (Å²) in [5.74, 6) is 1.88. The Kier molecular flexibility index (Phi) is 5.71. The van der Waals surface area contributed by atoms with Crippen LogP contribution in [-0.4, -0.2) is 13.2 Å². The Labute approximate surface area is 125 Å². The van der Waals surface area contributed by atoms with E-state index in [9.17, 15) is 0 Å². The van der Waals surface area contributed by atoms with Crippen LogP contribution in [0.4, 0.5) is 0 Å². The van der Waals surface area contributed by atoms with E-state index in [0.29, 0.717) is 6.04 Å². The van der Waals surface area contributed by atoms with Gasteiger partial charge in [0.05, 0.1) is 6.61 Å². The number of hydrogen-bond donors (Lipinski definition) is 1. The van der Waals surface area contributed by atoms with Crippen molar-refractivity contribution >= 4 is 15.9 Å². The minimum absolute atomic E-state index is 0.364. The van der Waals surface area contributed by atoms with Crippen molar-refractivity contribution in [2.75, 3.05) is 13.2 Å². The van der Waals surface area contributed by atoms with E-state index in [1.165, 1.54) is 31.2 Å². The molecule has 106 valence electrons. The average molecular weight is 326 g/mol. The lowest BCUT2D eigenvalue weighted by Gasteiger charge is -2.25. The van der Waals surface area contributed by atoms with Crippen LogP contribution in [0, 0.1) is 5.92 Å². The maximum absolute atomic E-state index is 5.84. The van der Waals surface area contributed by atoms with E-state index in [1.807, 2.05) is 0 Å². The molecule has 1 aliphatic rings. The summed E-state index contributed by atoms with van der Waals surface area (Å²) in [6, 6.07) is 6.68. The molecule has 1 fully saturated rings. The van der Waals surface area contributed by atoms with Crippen LogP contribution in [0.1, 0.15) is 51.1 Å². The molecule has 1 unspecified atom stereocenters. The predicted octanol–water partition coefficient (Wildman–Crippen LogP) is 4.69. The van der Waals surface area contributed by atoms with Gasteiger partial charge in [0.1, 0.15) is 5.75 Å². The normalized spacial score (nSPS) is 17.0. The van der Waals surface area contributed by atoms with Gasteiger partial charge in [-0.3, -0.25) is 0 Å². The predicted molar refractivity (Wildman–Crippen MR) is 83.7 cm³/mol. The van der Waals surface area contributed by atoms with Gasteiger partial charge < -0.3 is 10.1 Å². The maximum atomic E-state index is 5.84. The highest BCUT2D eigenvalue weighted by Gasteiger charge is 2.17. The van der Waals surface area contributed by atoms with Crippen molar-refractivity contribution in [3.8, 4) is 5.75 Å². The molecule has 0 aromatic heterocycles. The van der Waals surface area contributed by atoms with Crippen LogP contribution >= 0.6 is 15.9 Å². The number of halogens is 1. The Hall–Kier alpha value is -0.540. The SMILES string of the molecule is CCNC(C)c1ccc(OCCC2CCC2)cc1Br. The lowest BCUT2D eigenvalue weighted by molar-refractivity contribution is 0.222. The largest absolute Gasteiger partial charge is 0.494 e. The summed E-state index contributed by atoms with van der Waals surface area (Å²) in [5.41, 5.74) is 1.29. The third-order valence-corrected chi connectivity index (χ3v) is 4.66.